The maximum absolute atomic E-state index is 12.5. The highest BCUT2D eigenvalue weighted by Crippen LogP contribution is 2.27. The molecule has 1 N–H and O–H groups in total. The summed E-state index contributed by atoms with van der Waals surface area (Å²) in [7, 11) is 1.60. The molecule has 3 aromatic rings. The van der Waals surface area contributed by atoms with Gasteiger partial charge >= 0.3 is 5.97 Å². The van der Waals surface area contributed by atoms with E-state index in [1.54, 1.807) is 49.0 Å². The van der Waals surface area contributed by atoms with Gasteiger partial charge in [-0.05, 0) is 54.8 Å². The van der Waals surface area contributed by atoms with Crippen LogP contribution in [0, 0.1) is 5.41 Å². The molecule has 0 radical (unpaired) electrons. The first-order chi connectivity index (χ1) is 15.2. The molecule has 0 fully saturated rings. The quantitative estimate of drug-likeness (QED) is 0.553. The Morgan fingerprint density at radius 1 is 1.06 bits per heavy atom. The Labute approximate surface area is 188 Å². The van der Waals surface area contributed by atoms with E-state index >= 15 is 0 Å². The van der Waals surface area contributed by atoms with Crippen molar-refractivity contribution in [1.29, 1.82) is 0 Å². The molecule has 0 aliphatic carbocycles. The van der Waals surface area contributed by atoms with Crippen molar-refractivity contribution in [2.45, 2.75) is 27.7 Å². The maximum atomic E-state index is 12.5. The summed E-state index contributed by atoms with van der Waals surface area (Å²) in [6.07, 6.45) is 0. The predicted molar refractivity (Wildman–Crippen MR) is 123 cm³/mol. The number of hydrogen-bond donors (Lipinski definition) is 1. The van der Waals surface area contributed by atoms with Gasteiger partial charge in [-0.3, -0.25) is 4.79 Å². The molecule has 3 rings (SSSR count). The van der Waals surface area contributed by atoms with Crippen LogP contribution in [0.2, 0.25) is 0 Å². The smallest absolute Gasteiger partial charge is 0.358 e. The van der Waals surface area contributed by atoms with Gasteiger partial charge in [0.15, 0.2) is 5.69 Å². The summed E-state index contributed by atoms with van der Waals surface area (Å²) in [6.45, 7) is 8.79. The minimum Gasteiger partial charge on any atom is -0.497 e. The van der Waals surface area contributed by atoms with E-state index < -0.39 is 5.97 Å². The molecule has 0 aliphatic heterocycles. The number of rotatable bonds is 7. The zero-order chi connectivity index (χ0) is 23.3. The number of nitrogens with one attached hydrogen (secondary N) is 1. The molecule has 1 heterocycles. The van der Waals surface area contributed by atoms with Crippen molar-refractivity contribution in [1.82, 2.24) is 15.1 Å². The molecule has 7 nitrogen and oxygen atoms in total. The Bertz CT molecular complexity index is 1100. The van der Waals surface area contributed by atoms with E-state index in [-0.39, 0.29) is 23.6 Å². The molecule has 7 heteroatoms. The molecule has 0 unspecified atom stereocenters. The van der Waals surface area contributed by atoms with Crippen molar-refractivity contribution >= 4 is 11.9 Å². The summed E-state index contributed by atoms with van der Waals surface area (Å²) < 4.78 is 12.1. The molecule has 0 bridgehead atoms. The highest BCUT2D eigenvalue weighted by Gasteiger charge is 2.19. The molecule has 0 saturated carbocycles. The number of amides is 1. The van der Waals surface area contributed by atoms with E-state index in [2.05, 4.69) is 31.2 Å². The highest BCUT2D eigenvalue weighted by molar-refractivity contribution is 5.94. The fraction of sp³-hybridized carbons (Fsp3) is 0.320. The number of ether oxygens (including phenoxy) is 2. The minimum atomic E-state index is -0.492. The zero-order valence-electron chi connectivity index (χ0n) is 19.1. The van der Waals surface area contributed by atoms with Crippen LogP contribution in [0.1, 0.15) is 48.5 Å². The SMILES string of the molecule is CCOC(=O)c1cc(-c2cccc(OC)c2)n(-c2ccc(C(=O)NCC(C)(C)C)cc2)n1. The molecular weight excluding hydrogens is 406 g/mol. The minimum absolute atomic E-state index is 0.000197. The van der Waals surface area contributed by atoms with Gasteiger partial charge in [-0.1, -0.05) is 32.9 Å². The molecule has 1 aromatic heterocycles. The van der Waals surface area contributed by atoms with Crippen LogP contribution < -0.4 is 10.1 Å². The number of nitrogens with zero attached hydrogens (tertiary/aromatic N) is 2. The highest BCUT2D eigenvalue weighted by atomic mass is 16.5. The van der Waals surface area contributed by atoms with Crippen LogP contribution in [0.15, 0.2) is 54.6 Å². The largest absolute Gasteiger partial charge is 0.497 e. The summed E-state index contributed by atoms with van der Waals surface area (Å²) in [6, 6.07) is 16.3. The number of methoxy groups -OCH3 is 1. The molecule has 0 aliphatic rings. The second-order valence-corrected chi connectivity index (χ2v) is 8.57. The average molecular weight is 436 g/mol. The summed E-state index contributed by atoms with van der Waals surface area (Å²) in [5, 5.41) is 7.42. The van der Waals surface area contributed by atoms with Crippen molar-refractivity contribution in [3.8, 4) is 22.7 Å². The molecule has 0 atom stereocenters. The van der Waals surface area contributed by atoms with E-state index in [9.17, 15) is 9.59 Å². The van der Waals surface area contributed by atoms with E-state index in [0.29, 0.717) is 29.2 Å². The zero-order valence-corrected chi connectivity index (χ0v) is 19.1. The van der Waals surface area contributed by atoms with Crippen LogP contribution in [0.25, 0.3) is 16.9 Å². The molecular formula is C25H29N3O4. The van der Waals surface area contributed by atoms with Crippen LogP contribution >= 0.6 is 0 Å². The van der Waals surface area contributed by atoms with Gasteiger partial charge in [0, 0.05) is 17.7 Å². The van der Waals surface area contributed by atoms with E-state index in [4.69, 9.17) is 9.47 Å². The number of carbonyl (C=O) groups is 2. The number of hydrogen-bond acceptors (Lipinski definition) is 5. The van der Waals surface area contributed by atoms with Crippen molar-refractivity contribution < 1.29 is 19.1 Å². The van der Waals surface area contributed by atoms with Gasteiger partial charge in [0.2, 0.25) is 0 Å². The summed E-state index contributed by atoms with van der Waals surface area (Å²) >= 11 is 0. The Morgan fingerprint density at radius 3 is 2.41 bits per heavy atom. The lowest BCUT2D eigenvalue weighted by Gasteiger charge is -2.18. The first-order valence-electron chi connectivity index (χ1n) is 10.5. The topological polar surface area (TPSA) is 82.5 Å². The second kappa shape index (κ2) is 9.68. The third kappa shape index (κ3) is 5.55. The van der Waals surface area contributed by atoms with Crippen molar-refractivity contribution in [3.63, 3.8) is 0 Å². The van der Waals surface area contributed by atoms with Crippen molar-refractivity contribution in [2.75, 3.05) is 20.3 Å². The number of esters is 1. The van der Waals surface area contributed by atoms with Gasteiger partial charge in [-0.2, -0.15) is 5.10 Å². The molecule has 0 saturated heterocycles. The van der Waals surface area contributed by atoms with E-state index in [1.807, 2.05) is 24.3 Å². The monoisotopic (exact) mass is 435 g/mol. The Kier molecular flexibility index (Phi) is 6.98. The van der Waals surface area contributed by atoms with Crippen LogP contribution in [-0.2, 0) is 4.74 Å². The van der Waals surface area contributed by atoms with Crippen molar-refractivity contribution in [2.24, 2.45) is 5.41 Å². The summed E-state index contributed by atoms with van der Waals surface area (Å²) in [4.78, 5) is 24.8. The molecule has 32 heavy (non-hydrogen) atoms. The van der Waals surface area contributed by atoms with Gasteiger partial charge < -0.3 is 14.8 Å². The fourth-order valence-corrected chi connectivity index (χ4v) is 3.07. The van der Waals surface area contributed by atoms with E-state index in [0.717, 1.165) is 5.56 Å². The molecule has 2 aromatic carbocycles. The third-order valence-corrected chi connectivity index (χ3v) is 4.71. The summed E-state index contributed by atoms with van der Waals surface area (Å²) in [5.41, 5.74) is 3.01. The second-order valence-electron chi connectivity index (χ2n) is 8.57. The van der Waals surface area contributed by atoms with Crippen molar-refractivity contribution in [3.05, 3.63) is 65.9 Å². The number of carbonyl (C=O) groups excluding carboxylic acids is 2. The standard InChI is InChI=1S/C25H29N3O4/c1-6-32-24(30)21-15-22(18-8-7-9-20(14-18)31-5)28(27-21)19-12-10-17(11-13-19)23(29)26-16-25(2,3)4/h7-15H,6,16H2,1-5H3,(H,26,29). The van der Waals surface area contributed by atoms with Crippen LogP contribution in [0.5, 0.6) is 5.75 Å². The van der Waals surface area contributed by atoms with Gasteiger partial charge in [-0.25, -0.2) is 9.48 Å². The lowest BCUT2D eigenvalue weighted by molar-refractivity contribution is 0.0519. The Morgan fingerprint density at radius 2 is 1.78 bits per heavy atom. The van der Waals surface area contributed by atoms with Crippen LogP contribution in [0.3, 0.4) is 0 Å². The average Bonchev–Trinajstić information content (AvgIpc) is 3.23. The maximum Gasteiger partial charge on any atom is 0.358 e. The predicted octanol–water partition coefficient (Wildman–Crippen LogP) is 4.50. The van der Waals surface area contributed by atoms with E-state index in [1.165, 1.54) is 0 Å². The first kappa shape index (κ1) is 23.1. The molecule has 168 valence electrons. The molecule has 1 amide bonds. The number of benzene rings is 2. The Balaban J connectivity index is 1.96. The first-order valence-corrected chi connectivity index (χ1v) is 10.5. The lowest BCUT2D eigenvalue weighted by Crippen LogP contribution is -2.32. The van der Waals surface area contributed by atoms with Gasteiger partial charge in [0.25, 0.3) is 5.91 Å². The van der Waals surface area contributed by atoms with Gasteiger partial charge in [-0.15, -0.1) is 0 Å². The number of aromatic nitrogens is 2. The van der Waals surface area contributed by atoms with Gasteiger partial charge in [0.05, 0.1) is 25.1 Å². The lowest BCUT2D eigenvalue weighted by atomic mass is 9.97. The van der Waals surface area contributed by atoms with Crippen LogP contribution in [-0.4, -0.2) is 41.9 Å². The third-order valence-electron chi connectivity index (χ3n) is 4.71. The normalized spacial score (nSPS) is 11.2. The van der Waals surface area contributed by atoms with Gasteiger partial charge in [0.1, 0.15) is 5.75 Å². The summed E-state index contributed by atoms with van der Waals surface area (Å²) in [5.74, 6) is 0.0690. The Hall–Kier alpha value is -3.61. The van der Waals surface area contributed by atoms with Crippen LogP contribution in [0.4, 0.5) is 0 Å². The fourth-order valence-electron chi connectivity index (χ4n) is 3.07. The molecule has 0 spiro atoms.